The second-order valence-corrected chi connectivity index (χ2v) is 5.35. The van der Waals surface area contributed by atoms with E-state index in [4.69, 9.17) is 11.6 Å². The lowest BCUT2D eigenvalue weighted by molar-refractivity contribution is 0.143. The predicted molar refractivity (Wildman–Crippen MR) is 71.7 cm³/mol. The van der Waals surface area contributed by atoms with E-state index in [2.05, 4.69) is 14.9 Å². The number of fused-ring (bicyclic) bond motifs is 5. The molecule has 1 N–H and O–H groups in total. The molecule has 4 rings (SSSR count). The van der Waals surface area contributed by atoms with Gasteiger partial charge in [-0.05, 0) is 25.0 Å². The van der Waals surface area contributed by atoms with E-state index in [1.54, 1.807) is 0 Å². The second kappa shape index (κ2) is 3.95. The molecule has 19 heavy (non-hydrogen) atoms. The van der Waals surface area contributed by atoms with Crippen LogP contribution in [0.3, 0.4) is 0 Å². The molecule has 0 bridgehead atoms. The minimum atomic E-state index is -0.525. The van der Waals surface area contributed by atoms with Gasteiger partial charge in [0, 0.05) is 12.7 Å². The van der Waals surface area contributed by atoms with Crippen LogP contribution in [0.2, 0.25) is 5.15 Å². The fraction of sp³-hybridized carbons (Fsp3) is 0.385. The van der Waals surface area contributed by atoms with Gasteiger partial charge >= 0.3 is 0 Å². The summed E-state index contributed by atoms with van der Waals surface area (Å²) in [6.45, 7) is 0.896. The molecule has 1 saturated heterocycles. The number of anilines is 1. The van der Waals surface area contributed by atoms with Crippen molar-refractivity contribution in [2.75, 3.05) is 11.4 Å². The largest absolute Gasteiger partial charge is 0.385 e. The van der Waals surface area contributed by atoms with Gasteiger partial charge in [-0.1, -0.05) is 11.6 Å². The zero-order valence-corrected chi connectivity index (χ0v) is 11.0. The highest BCUT2D eigenvalue weighted by Gasteiger charge is 2.38. The molecule has 0 aromatic carbocycles. The van der Waals surface area contributed by atoms with Crippen LogP contribution in [0.5, 0.6) is 0 Å². The average Bonchev–Trinajstić information content (AvgIpc) is 3.05. The zero-order chi connectivity index (χ0) is 13.0. The van der Waals surface area contributed by atoms with Crippen LogP contribution in [0.25, 0.3) is 5.69 Å². The average molecular weight is 277 g/mol. The molecule has 2 aromatic heterocycles. The van der Waals surface area contributed by atoms with Gasteiger partial charge in [0.25, 0.3) is 0 Å². The molecule has 2 aliphatic rings. The molecule has 1 fully saturated rings. The van der Waals surface area contributed by atoms with Gasteiger partial charge in [-0.15, -0.1) is 0 Å². The first-order valence-corrected chi connectivity index (χ1v) is 6.78. The summed E-state index contributed by atoms with van der Waals surface area (Å²) in [5, 5.41) is 11.0. The first-order valence-electron chi connectivity index (χ1n) is 6.40. The Labute approximate surface area is 115 Å². The van der Waals surface area contributed by atoms with Crippen LogP contribution in [0.1, 0.15) is 24.6 Å². The lowest BCUT2D eigenvalue weighted by atomic mass is 10.1. The van der Waals surface area contributed by atoms with Gasteiger partial charge in [0.2, 0.25) is 0 Å². The van der Waals surface area contributed by atoms with E-state index >= 15 is 0 Å². The Kier molecular flexibility index (Phi) is 2.34. The Morgan fingerprint density at radius 2 is 2.26 bits per heavy atom. The van der Waals surface area contributed by atoms with Crippen LogP contribution >= 0.6 is 11.6 Å². The fourth-order valence-electron chi connectivity index (χ4n) is 3.19. The zero-order valence-electron chi connectivity index (χ0n) is 10.2. The Hall–Kier alpha value is -1.59. The number of hydrogen-bond acceptors (Lipinski definition) is 4. The van der Waals surface area contributed by atoms with Crippen LogP contribution in [-0.2, 0) is 0 Å². The molecule has 2 atom stereocenters. The summed E-state index contributed by atoms with van der Waals surface area (Å²) in [6.07, 6.45) is 4.88. The van der Waals surface area contributed by atoms with Gasteiger partial charge in [0.15, 0.2) is 11.0 Å². The molecule has 0 spiro atoms. The summed E-state index contributed by atoms with van der Waals surface area (Å²) in [5.41, 5.74) is 1.62. The van der Waals surface area contributed by atoms with E-state index in [1.165, 1.54) is 6.33 Å². The Balaban J connectivity index is 2.05. The normalized spacial score (nSPS) is 24.6. The molecule has 2 aromatic rings. The highest BCUT2D eigenvalue weighted by Crippen LogP contribution is 2.41. The minimum absolute atomic E-state index is 0.0702. The summed E-state index contributed by atoms with van der Waals surface area (Å²) in [5.74, 6) is 0.816. The first-order chi connectivity index (χ1) is 9.27. The van der Waals surface area contributed by atoms with Gasteiger partial charge < -0.3 is 14.6 Å². The monoisotopic (exact) mass is 276 g/mol. The van der Waals surface area contributed by atoms with E-state index in [-0.39, 0.29) is 6.04 Å². The van der Waals surface area contributed by atoms with Crippen molar-refractivity contribution in [3.05, 3.63) is 35.5 Å². The Bertz CT molecular complexity index is 641. The Morgan fingerprint density at radius 3 is 3.16 bits per heavy atom. The van der Waals surface area contributed by atoms with Gasteiger partial charge in [0.05, 0.1) is 11.7 Å². The van der Waals surface area contributed by atoms with Crippen LogP contribution in [0, 0.1) is 0 Å². The van der Waals surface area contributed by atoms with Crippen LogP contribution in [0.15, 0.2) is 24.7 Å². The number of aromatic nitrogens is 3. The van der Waals surface area contributed by atoms with Crippen LogP contribution in [0.4, 0.5) is 5.82 Å². The molecule has 2 aliphatic heterocycles. The maximum absolute atomic E-state index is 10.6. The molecular formula is C13H13ClN4O. The molecule has 0 saturated carbocycles. The molecule has 0 amide bonds. The van der Waals surface area contributed by atoms with Crippen molar-refractivity contribution in [3.8, 4) is 5.69 Å². The summed E-state index contributed by atoms with van der Waals surface area (Å²) < 4.78 is 1.90. The topological polar surface area (TPSA) is 54.2 Å². The van der Waals surface area contributed by atoms with Crippen molar-refractivity contribution in [2.45, 2.75) is 25.0 Å². The number of halogens is 1. The third kappa shape index (κ3) is 1.45. The van der Waals surface area contributed by atoms with Gasteiger partial charge in [0.1, 0.15) is 18.1 Å². The minimum Gasteiger partial charge on any atom is -0.385 e. The van der Waals surface area contributed by atoms with Crippen LogP contribution in [-0.4, -0.2) is 32.2 Å². The maximum atomic E-state index is 10.6. The quantitative estimate of drug-likeness (QED) is 0.747. The summed E-state index contributed by atoms with van der Waals surface area (Å²) in [4.78, 5) is 10.6. The number of rotatable bonds is 0. The van der Waals surface area contributed by atoms with Gasteiger partial charge in [-0.3, -0.25) is 0 Å². The standard InChI is InChI=1S/C13H13ClN4O/c14-12-10-13(16-7-15-12)18-6-2-4-9(18)11(19)8-3-1-5-17(8)10/h1,3,5,7,9,11,19H,2,4,6H2/t9-,11+/m0/s1. The van der Waals surface area contributed by atoms with Crippen molar-refractivity contribution < 1.29 is 5.11 Å². The molecule has 5 nitrogen and oxygen atoms in total. The molecule has 98 valence electrons. The summed E-state index contributed by atoms with van der Waals surface area (Å²) in [7, 11) is 0. The molecule has 0 aliphatic carbocycles. The van der Waals surface area contributed by atoms with E-state index in [1.807, 2.05) is 22.9 Å². The number of nitrogens with zero attached hydrogens (tertiary/aromatic N) is 4. The van der Waals surface area contributed by atoms with E-state index in [9.17, 15) is 5.11 Å². The lowest BCUT2D eigenvalue weighted by Gasteiger charge is -2.27. The SMILES string of the molecule is O[C@@H]1c2cccn2-c2c(Cl)ncnc2N2CCC[C@@H]12. The Morgan fingerprint density at radius 1 is 1.37 bits per heavy atom. The third-order valence-corrected chi connectivity index (χ3v) is 4.29. The van der Waals surface area contributed by atoms with Crippen LogP contribution < -0.4 is 4.90 Å². The van der Waals surface area contributed by atoms with Crippen molar-refractivity contribution in [1.29, 1.82) is 0 Å². The highest BCUT2D eigenvalue weighted by atomic mass is 35.5. The second-order valence-electron chi connectivity index (χ2n) is 4.99. The number of hydrogen-bond donors (Lipinski definition) is 1. The van der Waals surface area contributed by atoms with E-state index in [0.717, 1.165) is 36.6 Å². The molecule has 4 heterocycles. The lowest BCUT2D eigenvalue weighted by Crippen LogP contribution is -2.34. The fourth-order valence-corrected chi connectivity index (χ4v) is 3.40. The molecular weight excluding hydrogens is 264 g/mol. The molecule has 6 heteroatoms. The first kappa shape index (κ1) is 11.3. The highest BCUT2D eigenvalue weighted by molar-refractivity contribution is 6.31. The number of aliphatic hydroxyl groups excluding tert-OH is 1. The maximum Gasteiger partial charge on any atom is 0.158 e. The van der Waals surface area contributed by atoms with Crippen molar-refractivity contribution >= 4 is 17.4 Å². The third-order valence-electron chi connectivity index (χ3n) is 4.02. The van der Waals surface area contributed by atoms with Crippen molar-refractivity contribution in [1.82, 2.24) is 14.5 Å². The van der Waals surface area contributed by atoms with Gasteiger partial charge in [-0.25, -0.2) is 9.97 Å². The van der Waals surface area contributed by atoms with Crippen molar-refractivity contribution in [3.63, 3.8) is 0 Å². The van der Waals surface area contributed by atoms with Gasteiger partial charge in [-0.2, -0.15) is 0 Å². The molecule has 0 radical (unpaired) electrons. The smallest absolute Gasteiger partial charge is 0.158 e. The van der Waals surface area contributed by atoms with Crippen molar-refractivity contribution in [2.24, 2.45) is 0 Å². The summed E-state index contributed by atoms with van der Waals surface area (Å²) in [6, 6.07) is 3.91. The van der Waals surface area contributed by atoms with E-state index < -0.39 is 6.10 Å². The van der Waals surface area contributed by atoms with E-state index in [0.29, 0.717) is 5.15 Å². The number of aliphatic hydroxyl groups is 1. The summed E-state index contributed by atoms with van der Waals surface area (Å²) >= 11 is 6.26. The predicted octanol–water partition coefficient (Wildman–Crippen LogP) is 1.94. The molecule has 0 unspecified atom stereocenters.